The Hall–Kier alpha value is -2.29. The zero-order valence-corrected chi connectivity index (χ0v) is 17.0. The first-order chi connectivity index (χ1) is 13.7. The molecule has 1 amide bonds. The lowest BCUT2D eigenvalue weighted by Crippen LogP contribution is -2.43. The molecule has 0 bridgehead atoms. The molecule has 2 aliphatic rings. The zero-order valence-electron chi connectivity index (χ0n) is 17.0. The van der Waals surface area contributed by atoms with Crippen molar-refractivity contribution in [3.8, 4) is 0 Å². The zero-order chi connectivity index (χ0) is 19.4. The first-order valence-corrected chi connectivity index (χ1v) is 10.9. The fourth-order valence-electron chi connectivity index (χ4n) is 4.93. The van der Waals surface area contributed by atoms with Crippen LogP contribution in [0.5, 0.6) is 0 Å². The van der Waals surface area contributed by atoms with Crippen LogP contribution in [-0.4, -0.2) is 19.0 Å². The standard InChI is InChI=1S/C25H32N2O/c1-20(21-12-14-23(15-13-21)27-18-8-3-9-19-27)26-24(28)25(16-6-7-17-25)22-10-4-2-5-11-22/h2,4-5,10-15,20H,3,6-9,16-19H2,1H3,(H,26,28)/t20-/m0/s1. The highest BCUT2D eigenvalue weighted by Gasteiger charge is 2.42. The van der Waals surface area contributed by atoms with Crippen molar-refractivity contribution in [3.63, 3.8) is 0 Å². The highest BCUT2D eigenvalue weighted by atomic mass is 16.2. The van der Waals surface area contributed by atoms with Crippen molar-refractivity contribution in [2.45, 2.75) is 63.3 Å². The summed E-state index contributed by atoms with van der Waals surface area (Å²) < 4.78 is 0. The number of carbonyl (C=O) groups excluding carboxylic acids is 1. The van der Waals surface area contributed by atoms with Crippen LogP contribution in [0.25, 0.3) is 0 Å². The van der Waals surface area contributed by atoms with Crippen molar-refractivity contribution >= 4 is 11.6 Å². The van der Waals surface area contributed by atoms with E-state index in [2.05, 4.69) is 53.5 Å². The van der Waals surface area contributed by atoms with Gasteiger partial charge in [-0.25, -0.2) is 0 Å². The molecule has 0 radical (unpaired) electrons. The molecule has 1 N–H and O–H groups in total. The molecular weight excluding hydrogens is 344 g/mol. The van der Waals surface area contributed by atoms with Gasteiger partial charge in [0.1, 0.15) is 0 Å². The molecule has 1 aliphatic carbocycles. The van der Waals surface area contributed by atoms with Crippen LogP contribution in [0.3, 0.4) is 0 Å². The largest absolute Gasteiger partial charge is 0.372 e. The van der Waals surface area contributed by atoms with Gasteiger partial charge in [-0.3, -0.25) is 4.79 Å². The highest BCUT2D eigenvalue weighted by molar-refractivity contribution is 5.89. The quantitative estimate of drug-likeness (QED) is 0.761. The van der Waals surface area contributed by atoms with Crippen molar-refractivity contribution in [1.82, 2.24) is 5.32 Å². The van der Waals surface area contributed by atoms with E-state index in [9.17, 15) is 4.79 Å². The second-order valence-electron chi connectivity index (χ2n) is 8.49. The van der Waals surface area contributed by atoms with Crippen LogP contribution in [0.2, 0.25) is 0 Å². The molecule has 2 aromatic rings. The molecule has 1 atom stereocenters. The van der Waals surface area contributed by atoms with Crippen molar-refractivity contribution in [2.75, 3.05) is 18.0 Å². The molecule has 4 rings (SSSR count). The number of carbonyl (C=O) groups is 1. The maximum absolute atomic E-state index is 13.3. The minimum atomic E-state index is -0.358. The number of anilines is 1. The number of hydrogen-bond acceptors (Lipinski definition) is 2. The SMILES string of the molecule is C[C@H](NC(=O)C1(c2ccccc2)CCCC1)c1ccc(N2CCCCC2)cc1. The third-order valence-electron chi connectivity index (χ3n) is 6.68. The van der Waals surface area contributed by atoms with Crippen molar-refractivity contribution in [1.29, 1.82) is 0 Å². The Balaban J connectivity index is 1.46. The van der Waals surface area contributed by atoms with E-state index in [0.29, 0.717) is 0 Å². The minimum Gasteiger partial charge on any atom is -0.372 e. The lowest BCUT2D eigenvalue weighted by Gasteiger charge is -2.31. The van der Waals surface area contributed by atoms with E-state index in [0.717, 1.165) is 44.3 Å². The average Bonchev–Trinajstić information content (AvgIpc) is 3.26. The second kappa shape index (κ2) is 8.38. The van der Waals surface area contributed by atoms with Crippen molar-refractivity contribution in [2.24, 2.45) is 0 Å². The van der Waals surface area contributed by atoms with E-state index >= 15 is 0 Å². The topological polar surface area (TPSA) is 32.3 Å². The Morgan fingerprint density at radius 3 is 2.18 bits per heavy atom. The third-order valence-corrected chi connectivity index (χ3v) is 6.68. The first kappa shape index (κ1) is 19.0. The Morgan fingerprint density at radius 2 is 1.54 bits per heavy atom. The van der Waals surface area contributed by atoms with Crippen LogP contribution in [0, 0.1) is 0 Å². The number of benzene rings is 2. The monoisotopic (exact) mass is 376 g/mol. The summed E-state index contributed by atoms with van der Waals surface area (Å²) in [7, 11) is 0. The summed E-state index contributed by atoms with van der Waals surface area (Å²) in [6, 6.07) is 19.2. The van der Waals surface area contributed by atoms with Gasteiger partial charge in [0.15, 0.2) is 0 Å². The molecule has 1 saturated carbocycles. The summed E-state index contributed by atoms with van der Waals surface area (Å²) >= 11 is 0. The molecule has 0 unspecified atom stereocenters. The molecule has 1 aliphatic heterocycles. The first-order valence-electron chi connectivity index (χ1n) is 10.9. The Morgan fingerprint density at radius 1 is 0.893 bits per heavy atom. The van der Waals surface area contributed by atoms with Gasteiger partial charge >= 0.3 is 0 Å². The molecule has 0 aromatic heterocycles. The summed E-state index contributed by atoms with van der Waals surface area (Å²) in [4.78, 5) is 15.8. The summed E-state index contributed by atoms with van der Waals surface area (Å²) in [5, 5.41) is 3.32. The molecule has 28 heavy (non-hydrogen) atoms. The van der Waals surface area contributed by atoms with E-state index in [1.165, 1.54) is 30.5 Å². The molecule has 148 valence electrons. The summed E-state index contributed by atoms with van der Waals surface area (Å²) in [5.41, 5.74) is 3.29. The maximum Gasteiger partial charge on any atom is 0.231 e. The normalized spacial score (nSPS) is 20.0. The molecule has 3 nitrogen and oxygen atoms in total. The van der Waals surface area contributed by atoms with Crippen LogP contribution in [0.4, 0.5) is 5.69 Å². The van der Waals surface area contributed by atoms with Gasteiger partial charge in [-0.15, -0.1) is 0 Å². The number of rotatable bonds is 5. The van der Waals surface area contributed by atoms with Crippen molar-refractivity contribution in [3.05, 3.63) is 65.7 Å². The molecule has 2 fully saturated rings. The third kappa shape index (κ3) is 3.80. The van der Waals surface area contributed by atoms with Gasteiger partial charge in [-0.2, -0.15) is 0 Å². The summed E-state index contributed by atoms with van der Waals surface area (Å²) in [6.07, 6.45) is 8.07. The Labute approximate surface area is 169 Å². The predicted octanol–water partition coefficient (Wildman–Crippen LogP) is 5.37. The van der Waals surface area contributed by atoms with Gasteiger partial charge in [-0.05, 0) is 62.3 Å². The Bertz CT molecular complexity index is 772. The molecule has 0 spiro atoms. The van der Waals surface area contributed by atoms with Gasteiger partial charge in [0.05, 0.1) is 11.5 Å². The number of piperidine rings is 1. The fourth-order valence-corrected chi connectivity index (χ4v) is 4.93. The van der Waals surface area contributed by atoms with E-state index in [1.807, 2.05) is 18.2 Å². The number of hydrogen-bond donors (Lipinski definition) is 1. The molecular formula is C25H32N2O. The van der Waals surface area contributed by atoms with Gasteiger partial charge < -0.3 is 10.2 Å². The Kier molecular flexibility index (Phi) is 5.70. The van der Waals surface area contributed by atoms with Gasteiger partial charge in [-0.1, -0.05) is 55.3 Å². The van der Waals surface area contributed by atoms with Crippen LogP contribution >= 0.6 is 0 Å². The number of amides is 1. The van der Waals surface area contributed by atoms with E-state index in [-0.39, 0.29) is 17.4 Å². The maximum atomic E-state index is 13.3. The average molecular weight is 377 g/mol. The predicted molar refractivity (Wildman–Crippen MR) is 116 cm³/mol. The lowest BCUT2D eigenvalue weighted by molar-refractivity contribution is -0.127. The molecule has 2 aromatic carbocycles. The molecule has 1 heterocycles. The van der Waals surface area contributed by atoms with Crippen LogP contribution < -0.4 is 10.2 Å². The fraction of sp³-hybridized carbons (Fsp3) is 0.480. The minimum absolute atomic E-state index is 0.0177. The van der Waals surface area contributed by atoms with Crippen LogP contribution in [0.1, 0.15) is 69.0 Å². The van der Waals surface area contributed by atoms with E-state index < -0.39 is 0 Å². The van der Waals surface area contributed by atoms with Gasteiger partial charge in [0.25, 0.3) is 0 Å². The van der Waals surface area contributed by atoms with Gasteiger partial charge in [0, 0.05) is 18.8 Å². The van der Waals surface area contributed by atoms with E-state index in [4.69, 9.17) is 0 Å². The molecule has 1 saturated heterocycles. The highest BCUT2D eigenvalue weighted by Crippen LogP contribution is 2.41. The number of nitrogens with one attached hydrogen (secondary N) is 1. The van der Waals surface area contributed by atoms with Gasteiger partial charge in [0.2, 0.25) is 5.91 Å². The van der Waals surface area contributed by atoms with Crippen LogP contribution in [0.15, 0.2) is 54.6 Å². The van der Waals surface area contributed by atoms with Crippen molar-refractivity contribution < 1.29 is 4.79 Å². The smallest absolute Gasteiger partial charge is 0.231 e. The molecule has 3 heteroatoms. The second-order valence-corrected chi connectivity index (χ2v) is 8.49. The van der Waals surface area contributed by atoms with E-state index in [1.54, 1.807) is 0 Å². The lowest BCUT2D eigenvalue weighted by atomic mass is 9.77. The number of nitrogens with zero attached hydrogens (tertiary/aromatic N) is 1. The van der Waals surface area contributed by atoms with Crippen LogP contribution in [-0.2, 0) is 10.2 Å². The summed E-state index contributed by atoms with van der Waals surface area (Å²) in [6.45, 7) is 4.41. The summed E-state index contributed by atoms with van der Waals surface area (Å²) in [5.74, 6) is 0.184.